The molecule has 7 heteroatoms. The number of rotatable bonds is 5. The summed E-state index contributed by atoms with van der Waals surface area (Å²) >= 11 is 1.68. The van der Waals surface area contributed by atoms with Crippen molar-refractivity contribution in [2.24, 2.45) is 0 Å². The number of thiophene rings is 1. The van der Waals surface area contributed by atoms with Crippen LogP contribution in [-0.4, -0.2) is 38.5 Å². The molecule has 0 bridgehead atoms. The molecule has 1 aromatic heterocycles. The number of carbonyl (C=O) groups is 1. The number of nitrogens with one attached hydrogen (secondary N) is 2. The number of sulfone groups is 1. The maximum atomic E-state index is 12.0. The minimum atomic E-state index is -3.02. The molecule has 0 radical (unpaired) electrons. The molecule has 3 unspecified atom stereocenters. The first-order valence-corrected chi connectivity index (χ1v) is 10.5. The van der Waals surface area contributed by atoms with Gasteiger partial charge in [0.2, 0.25) is 0 Å². The first-order valence-electron chi connectivity index (χ1n) is 7.63. The molecule has 0 spiro atoms. The second kappa shape index (κ2) is 7.46. The third-order valence-corrected chi connectivity index (χ3v) is 6.91. The van der Waals surface area contributed by atoms with E-state index in [0.29, 0.717) is 19.4 Å². The third-order valence-electron chi connectivity index (χ3n) is 4.16. The fourth-order valence-electron chi connectivity index (χ4n) is 2.82. The van der Waals surface area contributed by atoms with Crippen molar-refractivity contribution in [1.29, 1.82) is 0 Å². The number of carbonyl (C=O) groups excluding carboxylic acids is 1. The molecule has 1 saturated carbocycles. The average molecular weight is 345 g/mol. The lowest BCUT2D eigenvalue weighted by atomic mass is 9.95. The van der Waals surface area contributed by atoms with Crippen molar-refractivity contribution in [2.45, 2.75) is 49.8 Å². The second-order valence-corrected chi connectivity index (χ2v) is 9.39. The van der Waals surface area contributed by atoms with Gasteiger partial charge in [0.05, 0.1) is 5.25 Å². The van der Waals surface area contributed by atoms with Crippen molar-refractivity contribution in [2.75, 3.05) is 12.8 Å². The molecule has 1 aliphatic rings. The Hall–Kier alpha value is -1.08. The number of urea groups is 1. The van der Waals surface area contributed by atoms with E-state index in [9.17, 15) is 13.2 Å². The van der Waals surface area contributed by atoms with Crippen LogP contribution in [-0.2, 0) is 9.84 Å². The second-order valence-electron chi connectivity index (χ2n) is 6.09. The van der Waals surface area contributed by atoms with Crippen molar-refractivity contribution in [3.05, 3.63) is 22.4 Å². The summed E-state index contributed by atoms with van der Waals surface area (Å²) in [5.74, 6) is 0.279. The molecule has 1 heterocycles. The predicted molar refractivity (Wildman–Crippen MR) is 90.2 cm³/mol. The molecule has 5 nitrogen and oxygen atoms in total. The smallest absolute Gasteiger partial charge is 0.315 e. The molecule has 0 aliphatic heterocycles. The summed E-state index contributed by atoms with van der Waals surface area (Å²) in [4.78, 5) is 13.2. The van der Waals surface area contributed by atoms with E-state index < -0.39 is 9.84 Å². The minimum absolute atomic E-state index is 0.0504. The van der Waals surface area contributed by atoms with Gasteiger partial charge in [0.25, 0.3) is 0 Å². The Bertz CT molecular complexity index is 584. The Labute approximate surface area is 136 Å². The van der Waals surface area contributed by atoms with Gasteiger partial charge >= 0.3 is 6.03 Å². The molecule has 1 aromatic rings. The van der Waals surface area contributed by atoms with Gasteiger partial charge in [-0.1, -0.05) is 19.4 Å². The van der Waals surface area contributed by atoms with E-state index in [4.69, 9.17) is 0 Å². The fourth-order valence-corrected chi connectivity index (χ4v) is 4.78. The maximum Gasteiger partial charge on any atom is 0.315 e. The van der Waals surface area contributed by atoms with Crippen LogP contribution < -0.4 is 10.6 Å². The van der Waals surface area contributed by atoms with Crippen LogP contribution in [0.2, 0.25) is 0 Å². The topological polar surface area (TPSA) is 75.3 Å². The van der Waals surface area contributed by atoms with Crippen LogP contribution in [0.15, 0.2) is 17.5 Å². The van der Waals surface area contributed by atoms with Crippen molar-refractivity contribution in [3.63, 3.8) is 0 Å². The van der Waals surface area contributed by atoms with Crippen LogP contribution in [0, 0.1) is 0 Å². The Kier molecular flexibility index (Phi) is 5.86. The predicted octanol–water partition coefficient (Wildman–Crippen LogP) is 2.51. The van der Waals surface area contributed by atoms with Gasteiger partial charge in [0.1, 0.15) is 9.84 Å². The summed E-state index contributed by atoms with van der Waals surface area (Å²) in [6.45, 7) is 2.65. The molecule has 2 N–H and O–H groups in total. The zero-order valence-electron chi connectivity index (χ0n) is 13.0. The zero-order chi connectivity index (χ0) is 16.2. The van der Waals surface area contributed by atoms with Crippen LogP contribution in [0.3, 0.4) is 0 Å². The Balaban J connectivity index is 1.77. The SMILES string of the molecule is CC(CNC(=O)NC1CCCC(S(C)(=O)=O)C1)c1cccs1. The normalized spacial score (nSPS) is 23.7. The number of hydrogen-bond acceptors (Lipinski definition) is 4. The fraction of sp³-hybridized carbons (Fsp3) is 0.667. The van der Waals surface area contributed by atoms with Crippen molar-refractivity contribution in [3.8, 4) is 0 Å². The van der Waals surface area contributed by atoms with Gasteiger partial charge in [0, 0.05) is 29.6 Å². The van der Waals surface area contributed by atoms with Gasteiger partial charge in [-0.15, -0.1) is 11.3 Å². The van der Waals surface area contributed by atoms with E-state index >= 15 is 0 Å². The standard InChI is InChI=1S/C15H24N2O3S2/c1-11(14-7-4-8-21-14)10-16-15(18)17-12-5-3-6-13(9-12)22(2,19)20/h4,7-8,11-13H,3,5-6,9-10H2,1-2H3,(H2,16,17,18). The molecule has 0 saturated heterocycles. The van der Waals surface area contributed by atoms with Crippen molar-refractivity contribution >= 4 is 27.2 Å². The summed E-state index contributed by atoms with van der Waals surface area (Å²) < 4.78 is 23.3. The lowest BCUT2D eigenvalue weighted by Gasteiger charge is -2.28. The van der Waals surface area contributed by atoms with Gasteiger partial charge in [-0.25, -0.2) is 13.2 Å². The summed E-state index contributed by atoms with van der Waals surface area (Å²) in [6, 6.07) is 3.81. The van der Waals surface area contributed by atoms with E-state index in [1.54, 1.807) is 11.3 Å². The third kappa shape index (κ3) is 4.98. The van der Waals surface area contributed by atoms with E-state index in [-0.39, 0.29) is 23.2 Å². The van der Waals surface area contributed by atoms with E-state index in [1.807, 2.05) is 11.4 Å². The molecule has 2 rings (SSSR count). The zero-order valence-corrected chi connectivity index (χ0v) is 14.7. The molecule has 0 aromatic carbocycles. The molecular formula is C15H24N2O3S2. The van der Waals surface area contributed by atoms with Gasteiger partial charge in [-0.2, -0.15) is 0 Å². The molecule has 1 fully saturated rings. The van der Waals surface area contributed by atoms with Crippen LogP contribution in [0.5, 0.6) is 0 Å². The highest BCUT2D eigenvalue weighted by Crippen LogP contribution is 2.24. The van der Waals surface area contributed by atoms with Crippen LogP contribution in [0.1, 0.15) is 43.4 Å². The Morgan fingerprint density at radius 1 is 1.45 bits per heavy atom. The number of hydrogen-bond donors (Lipinski definition) is 2. The summed E-state index contributed by atoms with van der Waals surface area (Å²) in [7, 11) is -3.02. The molecule has 1 aliphatic carbocycles. The van der Waals surface area contributed by atoms with Crippen LogP contribution >= 0.6 is 11.3 Å². The maximum absolute atomic E-state index is 12.0. The van der Waals surface area contributed by atoms with E-state index in [0.717, 1.165) is 12.8 Å². The highest BCUT2D eigenvalue weighted by molar-refractivity contribution is 7.91. The molecule has 2 amide bonds. The van der Waals surface area contributed by atoms with E-state index in [1.165, 1.54) is 11.1 Å². The highest BCUT2D eigenvalue weighted by atomic mass is 32.2. The van der Waals surface area contributed by atoms with Gasteiger partial charge in [-0.05, 0) is 30.7 Å². The van der Waals surface area contributed by atoms with Crippen LogP contribution in [0.4, 0.5) is 4.79 Å². The largest absolute Gasteiger partial charge is 0.338 e. The van der Waals surface area contributed by atoms with Crippen molar-refractivity contribution in [1.82, 2.24) is 10.6 Å². The van der Waals surface area contributed by atoms with Gasteiger partial charge in [-0.3, -0.25) is 0 Å². The Morgan fingerprint density at radius 3 is 2.86 bits per heavy atom. The minimum Gasteiger partial charge on any atom is -0.338 e. The van der Waals surface area contributed by atoms with Gasteiger partial charge < -0.3 is 10.6 Å². The summed E-state index contributed by atoms with van der Waals surface area (Å²) in [6.07, 6.45) is 4.19. The van der Waals surface area contributed by atoms with Crippen LogP contribution in [0.25, 0.3) is 0 Å². The summed E-state index contributed by atoms with van der Waals surface area (Å²) in [5.41, 5.74) is 0. The molecule has 124 valence electrons. The lowest BCUT2D eigenvalue weighted by Crippen LogP contribution is -2.46. The summed E-state index contributed by atoms with van der Waals surface area (Å²) in [5, 5.41) is 7.49. The van der Waals surface area contributed by atoms with Gasteiger partial charge in [0.15, 0.2) is 0 Å². The first kappa shape index (κ1) is 17.3. The quantitative estimate of drug-likeness (QED) is 0.862. The highest BCUT2D eigenvalue weighted by Gasteiger charge is 2.29. The molecule has 3 atom stereocenters. The monoisotopic (exact) mass is 344 g/mol. The average Bonchev–Trinajstić information content (AvgIpc) is 2.98. The first-order chi connectivity index (χ1) is 10.4. The Morgan fingerprint density at radius 2 is 2.23 bits per heavy atom. The van der Waals surface area contributed by atoms with E-state index in [2.05, 4.69) is 23.6 Å². The number of amides is 2. The molecular weight excluding hydrogens is 320 g/mol. The lowest BCUT2D eigenvalue weighted by molar-refractivity contribution is 0.232. The van der Waals surface area contributed by atoms with Crippen molar-refractivity contribution < 1.29 is 13.2 Å². The molecule has 22 heavy (non-hydrogen) atoms.